The van der Waals surface area contributed by atoms with E-state index < -0.39 is 5.78 Å². The van der Waals surface area contributed by atoms with Crippen LogP contribution in [-0.2, 0) is 6.54 Å². The summed E-state index contributed by atoms with van der Waals surface area (Å²) in [5, 5.41) is 7.46. The van der Waals surface area contributed by atoms with E-state index in [2.05, 4.69) is 49.5 Å². The molecule has 0 amide bonds. The maximum absolute atomic E-state index is 13.5. The first-order chi connectivity index (χ1) is 22.8. The summed E-state index contributed by atoms with van der Waals surface area (Å²) in [5.74, 6) is 2.44. The molecule has 11 heteroatoms. The molecule has 2 N–H and O–H groups in total. The molecule has 0 unspecified atom stereocenters. The van der Waals surface area contributed by atoms with Crippen LogP contribution in [-0.4, -0.2) is 54.1 Å². The number of piperidine rings is 1. The van der Waals surface area contributed by atoms with E-state index in [-0.39, 0.29) is 32.9 Å². The number of benzene rings is 2. The van der Waals surface area contributed by atoms with E-state index in [0.29, 0.717) is 24.2 Å². The largest absolute Gasteiger partial charge is 0.497 e. The lowest BCUT2D eigenvalue weighted by atomic mass is 9.73. The zero-order chi connectivity index (χ0) is 33.0. The minimum absolute atomic E-state index is 0.0575. The number of pyridine rings is 1. The molecule has 1 saturated heterocycles. The fourth-order valence-corrected chi connectivity index (χ4v) is 7.31. The monoisotopic (exact) mass is 674 g/mol. The van der Waals surface area contributed by atoms with Gasteiger partial charge in [-0.05, 0) is 79.5 Å². The molecule has 2 aromatic carbocycles. The number of ketones is 1. The number of halogens is 2. The van der Waals surface area contributed by atoms with Crippen LogP contribution in [0.1, 0.15) is 72.2 Å². The van der Waals surface area contributed by atoms with Gasteiger partial charge in [0.15, 0.2) is 5.15 Å². The van der Waals surface area contributed by atoms with E-state index in [1.165, 1.54) is 31.0 Å². The zero-order valence-electron chi connectivity index (χ0n) is 26.9. The van der Waals surface area contributed by atoms with Crippen LogP contribution < -0.4 is 25.0 Å². The minimum atomic E-state index is -0.405. The highest BCUT2D eigenvalue weighted by Gasteiger charge is 2.45. The van der Waals surface area contributed by atoms with Crippen molar-refractivity contribution in [1.29, 1.82) is 0 Å². The first-order valence-corrected chi connectivity index (χ1v) is 16.8. The quantitative estimate of drug-likeness (QED) is 0.156. The van der Waals surface area contributed by atoms with E-state index in [0.717, 1.165) is 43.0 Å². The number of hydrogen-bond acceptors (Lipinski definition) is 9. The van der Waals surface area contributed by atoms with Gasteiger partial charge in [-0.1, -0.05) is 53.9 Å². The Bertz CT molecular complexity index is 1690. The van der Waals surface area contributed by atoms with Crippen molar-refractivity contribution in [2.45, 2.75) is 57.7 Å². The van der Waals surface area contributed by atoms with Crippen LogP contribution in [0.4, 0.5) is 11.6 Å². The molecule has 6 rings (SSSR count). The standard InChI is InChI=1S/C36H40Cl2N6O3/c1-23(25-8-12-27(47-3)13-9-25)42-30-5-4-14-36(30)15-17-44(18-16-36)32-22-41-33(35(38)43-32)34(45)28-19-31(40-21-29(28)37)39-20-24-6-10-26(46-2)11-7-24/h6-13,19,21-23,30,42H,4-5,14-18,20H2,1-3H3,(H,39,40)/t23-,30-/m1/s1. The van der Waals surface area contributed by atoms with Crippen LogP contribution >= 0.6 is 23.2 Å². The molecule has 1 aliphatic heterocycles. The number of aromatic nitrogens is 3. The fraction of sp³-hybridized carbons (Fsp3) is 0.389. The maximum Gasteiger partial charge on any atom is 0.216 e. The third-order valence-corrected chi connectivity index (χ3v) is 10.3. The number of carbonyl (C=O) groups is 1. The third kappa shape index (κ3) is 7.32. The van der Waals surface area contributed by atoms with Crippen molar-refractivity contribution in [1.82, 2.24) is 20.3 Å². The molecule has 47 heavy (non-hydrogen) atoms. The Morgan fingerprint density at radius 3 is 2.32 bits per heavy atom. The molecule has 4 aromatic rings. The van der Waals surface area contributed by atoms with Crippen molar-refractivity contribution >= 4 is 40.6 Å². The van der Waals surface area contributed by atoms with Gasteiger partial charge in [-0.2, -0.15) is 0 Å². The van der Waals surface area contributed by atoms with Gasteiger partial charge in [0.25, 0.3) is 0 Å². The molecule has 9 nitrogen and oxygen atoms in total. The van der Waals surface area contributed by atoms with Crippen LogP contribution in [0.25, 0.3) is 0 Å². The third-order valence-electron chi connectivity index (χ3n) is 9.72. The number of anilines is 2. The van der Waals surface area contributed by atoms with Gasteiger partial charge >= 0.3 is 0 Å². The van der Waals surface area contributed by atoms with E-state index in [9.17, 15) is 4.79 Å². The molecule has 0 bridgehead atoms. The summed E-state index contributed by atoms with van der Waals surface area (Å²) < 4.78 is 10.5. The van der Waals surface area contributed by atoms with Crippen molar-refractivity contribution in [3.63, 3.8) is 0 Å². The summed E-state index contributed by atoms with van der Waals surface area (Å²) in [4.78, 5) is 29.2. The number of carbonyl (C=O) groups excluding carboxylic acids is 1. The van der Waals surface area contributed by atoms with E-state index in [4.69, 9.17) is 32.7 Å². The highest BCUT2D eigenvalue weighted by Crippen LogP contribution is 2.47. The summed E-state index contributed by atoms with van der Waals surface area (Å²) in [6, 6.07) is 18.3. The lowest BCUT2D eigenvalue weighted by Gasteiger charge is -2.44. The van der Waals surface area contributed by atoms with Crippen molar-refractivity contribution in [2.24, 2.45) is 5.41 Å². The van der Waals surface area contributed by atoms with Gasteiger partial charge < -0.3 is 25.0 Å². The highest BCUT2D eigenvalue weighted by molar-refractivity contribution is 6.37. The second-order valence-electron chi connectivity index (χ2n) is 12.4. The summed E-state index contributed by atoms with van der Waals surface area (Å²) in [5.41, 5.74) is 2.86. The van der Waals surface area contributed by atoms with Crippen LogP contribution in [0.2, 0.25) is 10.2 Å². The molecular formula is C36H40Cl2N6O3. The Labute approximate surface area is 286 Å². The predicted octanol–water partition coefficient (Wildman–Crippen LogP) is 7.53. The lowest BCUT2D eigenvalue weighted by molar-refractivity contribution is 0.103. The normalized spacial score (nSPS) is 17.8. The predicted molar refractivity (Wildman–Crippen MR) is 186 cm³/mol. The molecule has 0 radical (unpaired) electrons. The molecule has 1 spiro atoms. The molecule has 2 atom stereocenters. The second-order valence-corrected chi connectivity index (χ2v) is 13.2. The van der Waals surface area contributed by atoms with Gasteiger partial charge in [-0.15, -0.1) is 0 Å². The van der Waals surface area contributed by atoms with Crippen LogP contribution in [0.15, 0.2) is 67.0 Å². The Morgan fingerprint density at radius 2 is 1.66 bits per heavy atom. The fourth-order valence-electron chi connectivity index (χ4n) is 6.90. The van der Waals surface area contributed by atoms with Gasteiger partial charge in [0.05, 0.1) is 25.4 Å². The van der Waals surface area contributed by atoms with Gasteiger partial charge in [0.2, 0.25) is 5.78 Å². The van der Waals surface area contributed by atoms with Gasteiger partial charge in [0, 0.05) is 43.5 Å². The Kier molecular flexibility index (Phi) is 10.2. The van der Waals surface area contributed by atoms with Crippen molar-refractivity contribution in [3.8, 4) is 11.5 Å². The average Bonchev–Trinajstić information content (AvgIpc) is 3.48. The molecule has 1 aliphatic carbocycles. The van der Waals surface area contributed by atoms with Crippen LogP contribution in [0.3, 0.4) is 0 Å². The SMILES string of the molecule is COc1ccc(CNc2cc(C(=O)c3ncc(N4CCC5(CCC[C@H]5N[C@H](C)c5ccc(OC)cc5)CC4)nc3Cl)c(Cl)cn2)cc1. The topological polar surface area (TPSA) is 102 Å². The summed E-state index contributed by atoms with van der Waals surface area (Å²) in [7, 11) is 3.32. The molecule has 246 valence electrons. The first kappa shape index (κ1) is 33.0. The van der Waals surface area contributed by atoms with Gasteiger partial charge in [-0.25, -0.2) is 15.0 Å². The average molecular weight is 676 g/mol. The van der Waals surface area contributed by atoms with Gasteiger partial charge in [-0.3, -0.25) is 4.79 Å². The van der Waals surface area contributed by atoms with E-state index in [1.54, 1.807) is 26.5 Å². The van der Waals surface area contributed by atoms with Crippen LogP contribution in [0.5, 0.6) is 11.5 Å². The summed E-state index contributed by atoms with van der Waals surface area (Å²) in [6.07, 6.45) is 8.83. The van der Waals surface area contributed by atoms with Crippen LogP contribution in [0, 0.1) is 5.41 Å². The zero-order valence-corrected chi connectivity index (χ0v) is 28.4. The number of hydrogen-bond donors (Lipinski definition) is 2. The molecular weight excluding hydrogens is 635 g/mol. The number of nitrogens with zero attached hydrogens (tertiary/aromatic N) is 4. The number of nitrogens with one attached hydrogen (secondary N) is 2. The molecule has 2 aromatic heterocycles. The molecule has 2 fully saturated rings. The Morgan fingerprint density at radius 1 is 0.979 bits per heavy atom. The Hall–Kier alpha value is -3.92. The van der Waals surface area contributed by atoms with Crippen molar-refractivity contribution < 1.29 is 14.3 Å². The van der Waals surface area contributed by atoms with E-state index >= 15 is 0 Å². The molecule has 3 heterocycles. The molecule has 2 aliphatic rings. The second kappa shape index (κ2) is 14.5. The summed E-state index contributed by atoms with van der Waals surface area (Å²) >= 11 is 13.0. The van der Waals surface area contributed by atoms with Crippen molar-refractivity contribution in [3.05, 3.63) is 99.6 Å². The number of rotatable bonds is 11. The summed E-state index contributed by atoms with van der Waals surface area (Å²) in [6.45, 7) is 4.46. The minimum Gasteiger partial charge on any atom is -0.497 e. The first-order valence-electron chi connectivity index (χ1n) is 16.0. The lowest BCUT2D eigenvalue weighted by Crippen LogP contribution is -2.49. The Balaban J connectivity index is 1.08. The number of ether oxygens (including phenoxy) is 2. The molecule has 1 saturated carbocycles. The van der Waals surface area contributed by atoms with Crippen molar-refractivity contribution in [2.75, 3.05) is 37.5 Å². The van der Waals surface area contributed by atoms with Gasteiger partial charge in [0.1, 0.15) is 28.8 Å². The number of methoxy groups -OCH3 is 2. The van der Waals surface area contributed by atoms with E-state index in [1.807, 2.05) is 36.4 Å². The highest BCUT2D eigenvalue weighted by atomic mass is 35.5. The smallest absolute Gasteiger partial charge is 0.216 e. The maximum atomic E-state index is 13.5.